The molecular weight excluding hydrogens is 792 g/mol. The average molecular weight is 838 g/mol. The first-order valence-electron chi connectivity index (χ1n) is 18.5. The highest BCUT2D eigenvalue weighted by molar-refractivity contribution is 7.92. The molecule has 5 aromatic rings. The topological polar surface area (TPSA) is 118 Å². The third-order valence-corrected chi connectivity index (χ3v) is 17.5. The standard InChI is InChI=1S/C42H46F3N3O6S2Si/c1-41(2,3)57(4,5)54-38(26-53-34-9-7-6-8-10-34)37-24-21-33(48(37)40(49)50)25-28-11-19-32(20-12-28)47-56(51,52)35-22-15-30(16-23-35)39-46-36(27-55-39)29-13-17-31(18-14-29)42(43,44)45/h6-20,22-23,27,33,37-38,47H,21,24-26H2,1-5H3,(H,49,50)/t33-,37+,38+/m0/s1. The average Bonchev–Trinajstić information content (AvgIpc) is 3.82. The van der Waals surface area contributed by atoms with E-state index >= 15 is 0 Å². The maximum atomic E-state index is 13.3. The van der Waals surface area contributed by atoms with Gasteiger partial charge in [-0.1, -0.05) is 75.4 Å². The molecule has 0 unspecified atom stereocenters. The van der Waals surface area contributed by atoms with Gasteiger partial charge in [0.15, 0.2) is 8.32 Å². The Balaban J connectivity index is 1.10. The van der Waals surface area contributed by atoms with E-state index in [2.05, 4.69) is 43.6 Å². The van der Waals surface area contributed by atoms with Crippen molar-refractivity contribution in [2.24, 2.45) is 0 Å². The summed E-state index contributed by atoms with van der Waals surface area (Å²) < 4.78 is 81.2. The van der Waals surface area contributed by atoms with Crippen LogP contribution in [-0.4, -0.2) is 62.6 Å². The van der Waals surface area contributed by atoms with Gasteiger partial charge in [0.05, 0.1) is 28.3 Å². The van der Waals surface area contributed by atoms with Gasteiger partial charge in [-0.3, -0.25) is 9.62 Å². The lowest BCUT2D eigenvalue weighted by atomic mass is 10.0. The number of nitrogens with one attached hydrogen (secondary N) is 1. The molecule has 0 bridgehead atoms. The predicted molar refractivity (Wildman–Crippen MR) is 220 cm³/mol. The maximum absolute atomic E-state index is 13.3. The van der Waals surface area contributed by atoms with E-state index in [0.717, 1.165) is 17.7 Å². The van der Waals surface area contributed by atoms with Crippen LogP contribution < -0.4 is 9.46 Å². The van der Waals surface area contributed by atoms with Crippen LogP contribution in [0.5, 0.6) is 5.75 Å². The van der Waals surface area contributed by atoms with Crippen LogP contribution in [0.2, 0.25) is 18.1 Å². The number of rotatable bonds is 13. The molecule has 4 aromatic carbocycles. The highest BCUT2D eigenvalue weighted by Gasteiger charge is 2.46. The number of amides is 1. The molecule has 2 heterocycles. The Labute approximate surface area is 336 Å². The molecule has 9 nitrogen and oxygen atoms in total. The molecule has 1 fully saturated rings. The highest BCUT2D eigenvalue weighted by atomic mass is 32.2. The van der Waals surface area contributed by atoms with E-state index < -0.39 is 48.3 Å². The van der Waals surface area contributed by atoms with Crippen molar-refractivity contribution in [1.29, 1.82) is 0 Å². The molecule has 1 aliphatic rings. The van der Waals surface area contributed by atoms with Crippen LogP contribution in [0, 0.1) is 0 Å². The second-order valence-electron chi connectivity index (χ2n) is 15.7. The molecule has 0 saturated carbocycles. The third-order valence-electron chi connectivity index (χ3n) is 10.7. The number of hydrogen-bond donors (Lipinski definition) is 2. The molecule has 2 N–H and O–H groups in total. The van der Waals surface area contributed by atoms with Crippen molar-refractivity contribution < 1.29 is 40.7 Å². The van der Waals surface area contributed by atoms with Gasteiger partial charge in [-0.2, -0.15) is 13.2 Å². The second kappa shape index (κ2) is 16.6. The summed E-state index contributed by atoms with van der Waals surface area (Å²) in [6, 6.07) is 26.6. The molecule has 1 saturated heterocycles. The molecule has 1 amide bonds. The van der Waals surface area contributed by atoms with Crippen LogP contribution in [0.25, 0.3) is 21.8 Å². The lowest BCUT2D eigenvalue weighted by molar-refractivity contribution is -0.137. The molecule has 15 heteroatoms. The Morgan fingerprint density at radius 2 is 1.56 bits per heavy atom. The van der Waals surface area contributed by atoms with E-state index in [1.807, 2.05) is 30.3 Å². The van der Waals surface area contributed by atoms with Crippen molar-refractivity contribution in [2.75, 3.05) is 11.3 Å². The molecule has 6 rings (SSSR count). The van der Waals surface area contributed by atoms with Gasteiger partial charge in [-0.25, -0.2) is 18.2 Å². The summed E-state index contributed by atoms with van der Waals surface area (Å²) in [6.07, 6.45) is -4.21. The Morgan fingerprint density at radius 3 is 2.16 bits per heavy atom. The number of ether oxygens (including phenoxy) is 1. The normalized spacial score (nSPS) is 17.0. The molecule has 0 radical (unpaired) electrons. The minimum Gasteiger partial charge on any atom is -0.491 e. The van der Waals surface area contributed by atoms with Crippen LogP contribution in [-0.2, 0) is 27.0 Å². The van der Waals surface area contributed by atoms with Crippen molar-refractivity contribution in [3.8, 4) is 27.6 Å². The number of nitrogens with zero attached hydrogens (tertiary/aromatic N) is 2. The minimum atomic E-state index is -4.43. The monoisotopic (exact) mass is 837 g/mol. The number of likely N-dealkylation sites (tertiary alicyclic amines) is 1. The Bertz CT molecular complexity index is 2250. The van der Waals surface area contributed by atoms with Crippen LogP contribution in [0.1, 0.15) is 44.7 Å². The van der Waals surface area contributed by atoms with Gasteiger partial charge in [-0.05, 0) is 91.5 Å². The molecule has 0 spiro atoms. The number of halogens is 3. The Morgan fingerprint density at radius 1 is 0.930 bits per heavy atom. The van der Waals surface area contributed by atoms with Gasteiger partial charge < -0.3 is 14.3 Å². The van der Waals surface area contributed by atoms with Gasteiger partial charge in [0, 0.05) is 28.2 Å². The quantitative estimate of drug-likeness (QED) is 0.113. The van der Waals surface area contributed by atoms with Gasteiger partial charge in [0.25, 0.3) is 10.0 Å². The summed E-state index contributed by atoms with van der Waals surface area (Å²) in [7, 11) is -6.26. The number of carbonyl (C=O) groups is 1. The largest absolute Gasteiger partial charge is 0.491 e. The van der Waals surface area contributed by atoms with Gasteiger partial charge in [-0.15, -0.1) is 11.3 Å². The summed E-state index contributed by atoms with van der Waals surface area (Å²) in [5, 5.41) is 12.7. The first kappa shape index (κ1) is 41.9. The zero-order valence-electron chi connectivity index (χ0n) is 32.3. The fourth-order valence-corrected chi connectivity index (χ4v) is 9.82. The molecule has 3 atom stereocenters. The number of para-hydroxylation sites is 1. The molecular formula is C42H46F3N3O6S2Si. The van der Waals surface area contributed by atoms with Gasteiger partial charge in [0.2, 0.25) is 0 Å². The minimum absolute atomic E-state index is 0.0367. The van der Waals surface area contributed by atoms with Crippen molar-refractivity contribution in [1.82, 2.24) is 9.88 Å². The Hall–Kier alpha value is -4.70. The zero-order chi connectivity index (χ0) is 41.2. The lowest BCUT2D eigenvalue weighted by Crippen LogP contribution is -2.54. The second-order valence-corrected chi connectivity index (χ2v) is 23.0. The number of benzene rings is 4. The van der Waals surface area contributed by atoms with Crippen molar-refractivity contribution in [3.63, 3.8) is 0 Å². The number of aromatic nitrogens is 1. The van der Waals surface area contributed by atoms with E-state index in [0.29, 0.717) is 52.5 Å². The van der Waals surface area contributed by atoms with E-state index in [1.165, 1.54) is 40.5 Å². The SMILES string of the molecule is CC(C)(C)[Si](C)(C)O[C@H](COc1ccccc1)[C@H]1CC[C@@H](Cc2ccc(NS(=O)(=O)c3ccc(-c4nc(-c5ccc(C(F)(F)F)cc5)cs4)cc3)cc2)N1C(=O)O. The van der Waals surface area contributed by atoms with Gasteiger partial charge in [0.1, 0.15) is 17.4 Å². The molecule has 0 aliphatic carbocycles. The molecule has 57 heavy (non-hydrogen) atoms. The summed E-state index contributed by atoms with van der Waals surface area (Å²) in [6.45, 7) is 11.0. The third kappa shape index (κ3) is 10.1. The summed E-state index contributed by atoms with van der Waals surface area (Å²) in [5.41, 5.74) is 2.19. The lowest BCUT2D eigenvalue weighted by Gasteiger charge is -2.42. The fraction of sp³-hybridized carbons (Fsp3) is 0.333. The van der Waals surface area contributed by atoms with Crippen LogP contribution in [0.3, 0.4) is 0 Å². The van der Waals surface area contributed by atoms with E-state index in [4.69, 9.17) is 9.16 Å². The fourth-order valence-electron chi connectivity index (χ4n) is 6.59. The predicted octanol–water partition coefficient (Wildman–Crippen LogP) is 10.8. The van der Waals surface area contributed by atoms with E-state index in [1.54, 1.807) is 41.8 Å². The van der Waals surface area contributed by atoms with E-state index in [9.17, 15) is 31.5 Å². The first-order valence-corrected chi connectivity index (χ1v) is 23.8. The van der Waals surface area contributed by atoms with Crippen LogP contribution >= 0.6 is 11.3 Å². The van der Waals surface area contributed by atoms with E-state index in [-0.39, 0.29) is 22.6 Å². The summed E-state index contributed by atoms with van der Waals surface area (Å²) in [4.78, 5) is 18.9. The summed E-state index contributed by atoms with van der Waals surface area (Å²) in [5.74, 6) is 0.692. The smallest absolute Gasteiger partial charge is 0.416 e. The molecule has 1 aromatic heterocycles. The number of alkyl halides is 3. The number of sulfonamides is 1. The molecule has 302 valence electrons. The number of hydrogen-bond acceptors (Lipinski definition) is 7. The van der Waals surface area contributed by atoms with Crippen LogP contribution in [0.15, 0.2) is 113 Å². The van der Waals surface area contributed by atoms with Crippen molar-refractivity contribution in [3.05, 3.63) is 120 Å². The zero-order valence-corrected chi connectivity index (χ0v) is 34.9. The summed E-state index contributed by atoms with van der Waals surface area (Å²) >= 11 is 1.30. The first-order chi connectivity index (χ1) is 26.8. The maximum Gasteiger partial charge on any atom is 0.416 e. The number of anilines is 1. The van der Waals surface area contributed by atoms with Gasteiger partial charge >= 0.3 is 12.3 Å². The molecule has 1 aliphatic heterocycles. The van der Waals surface area contributed by atoms with Crippen LogP contribution in [0.4, 0.5) is 23.7 Å². The van der Waals surface area contributed by atoms with Crippen molar-refractivity contribution >= 4 is 41.5 Å². The van der Waals surface area contributed by atoms with Crippen molar-refractivity contribution in [2.45, 2.75) is 87.4 Å². The highest BCUT2D eigenvalue weighted by Crippen LogP contribution is 2.40. The number of thiazole rings is 1. The number of carboxylic acid groups (broad SMARTS) is 1. The Kier molecular flexibility index (Phi) is 12.2.